The fraction of sp³-hybridized carbons (Fsp3) is 0.467. The summed E-state index contributed by atoms with van der Waals surface area (Å²) in [5.41, 5.74) is 1.25. The van der Waals surface area contributed by atoms with Gasteiger partial charge in [-0.05, 0) is 49.4 Å². The molecule has 1 heterocycles. The van der Waals surface area contributed by atoms with Crippen LogP contribution in [-0.4, -0.2) is 16.9 Å². The van der Waals surface area contributed by atoms with E-state index in [2.05, 4.69) is 6.92 Å². The molecule has 19 heavy (non-hydrogen) atoms. The van der Waals surface area contributed by atoms with Crippen molar-refractivity contribution < 1.29 is 14.7 Å². The fourth-order valence-electron chi connectivity index (χ4n) is 3.31. The van der Waals surface area contributed by atoms with Crippen LogP contribution in [0.25, 0.3) is 0 Å². The average Bonchev–Trinajstić information content (AvgIpc) is 2.84. The summed E-state index contributed by atoms with van der Waals surface area (Å²) < 4.78 is 0. The molecule has 1 aliphatic heterocycles. The number of carbonyl (C=O) groups is 2. The average molecular weight is 259 g/mol. The summed E-state index contributed by atoms with van der Waals surface area (Å²) >= 11 is 0. The molecule has 0 aromatic heterocycles. The molecule has 1 N–H and O–H groups in total. The second kappa shape index (κ2) is 4.08. The Morgan fingerprint density at radius 3 is 2.26 bits per heavy atom. The Balaban J connectivity index is 1.96. The van der Waals surface area contributed by atoms with Crippen molar-refractivity contribution in [2.45, 2.75) is 26.7 Å². The number of imide groups is 1. The largest absolute Gasteiger partial charge is 0.508 e. The highest BCUT2D eigenvalue weighted by molar-refractivity contribution is 6.22. The molecule has 1 aliphatic carbocycles. The van der Waals surface area contributed by atoms with Crippen molar-refractivity contribution >= 4 is 17.5 Å². The van der Waals surface area contributed by atoms with E-state index in [1.807, 2.05) is 0 Å². The van der Waals surface area contributed by atoms with Crippen LogP contribution >= 0.6 is 0 Å². The summed E-state index contributed by atoms with van der Waals surface area (Å²) in [5.74, 6) is 0.186. The molecule has 4 heteroatoms. The van der Waals surface area contributed by atoms with Gasteiger partial charge in [-0.1, -0.05) is 6.92 Å². The predicted octanol–water partition coefficient (Wildman–Crippen LogP) is 2.24. The number of carbonyl (C=O) groups excluding carboxylic acids is 2. The standard InChI is InChI=1S/C15H17NO3/c1-8-5-11-12(6-8)15(19)16(14(11)18)10-3-4-13(17)9(2)7-10/h3-4,7-8,11-12,17H,5-6H2,1-2H3. The lowest BCUT2D eigenvalue weighted by molar-refractivity contribution is -0.123. The number of fused-ring (bicyclic) bond motifs is 1. The molecule has 3 rings (SSSR count). The van der Waals surface area contributed by atoms with E-state index in [-0.39, 0.29) is 29.4 Å². The van der Waals surface area contributed by atoms with E-state index in [0.29, 0.717) is 17.2 Å². The van der Waals surface area contributed by atoms with Crippen LogP contribution in [0.15, 0.2) is 18.2 Å². The first-order chi connectivity index (χ1) is 8.99. The Kier molecular flexibility index (Phi) is 2.62. The van der Waals surface area contributed by atoms with E-state index in [1.165, 1.54) is 11.0 Å². The highest BCUT2D eigenvalue weighted by Crippen LogP contribution is 2.44. The number of anilines is 1. The first-order valence-electron chi connectivity index (χ1n) is 6.66. The number of nitrogens with zero attached hydrogens (tertiary/aromatic N) is 1. The van der Waals surface area contributed by atoms with Gasteiger partial charge in [0, 0.05) is 0 Å². The van der Waals surface area contributed by atoms with Gasteiger partial charge in [0.05, 0.1) is 17.5 Å². The Morgan fingerprint density at radius 2 is 1.74 bits per heavy atom. The SMILES string of the molecule is Cc1cc(N2C(=O)C3CC(C)CC3C2=O)ccc1O. The second-order valence-corrected chi connectivity index (χ2v) is 5.77. The van der Waals surface area contributed by atoms with Crippen molar-refractivity contribution in [3.8, 4) is 5.75 Å². The van der Waals surface area contributed by atoms with Gasteiger partial charge in [-0.25, -0.2) is 0 Å². The maximum Gasteiger partial charge on any atom is 0.237 e. The first kappa shape index (κ1) is 12.2. The molecule has 2 atom stereocenters. The highest BCUT2D eigenvalue weighted by atomic mass is 16.3. The summed E-state index contributed by atoms with van der Waals surface area (Å²) in [6, 6.07) is 4.85. The van der Waals surface area contributed by atoms with E-state index in [4.69, 9.17) is 0 Å². The Bertz CT molecular complexity index is 543. The summed E-state index contributed by atoms with van der Waals surface area (Å²) in [5, 5.41) is 9.53. The number of phenolic OH excluding ortho intramolecular Hbond substituents is 1. The van der Waals surface area contributed by atoms with Gasteiger partial charge in [-0.15, -0.1) is 0 Å². The third kappa shape index (κ3) is 1.74. The number of amides is 2. The monoisotopic (exact) mass is 259 g/mol. The third-order valence-electron chi connectivity index (χ3n) is 4.31. The molecule has 4 nitrogen and oxygen atoms in total. The minimum atomic E-state index is -0.142. The predicted molar refractivity (Wildman–Crippen MR) is 70.7 cm³/mol. The fourth-order valence-corrected chi connectivity index (χ4v) is 3.31. The summed E-state index contributed by atoms with van der Waals surface area (Å²) in [6.07, 6.45) is 1.62. The van der Waals surface area contributed by atoms with E-state index in [0.717, 1.165) is 12.8 Å². The zero-order valence-corrected chi connectivity index (χ0v) is 11.1. The maximum absolute atomic E-state index is 12.4. The Morgan fingerprint density at radius 1 is 1.16 bits per heavy atom. The molecular weight excluding hydrogens is 242 g/mol. The van der Waals surface area contributed by atoms with Crippen LogP contribution < -0.4 is 4.90 Å². The van der Waals surface area contributed by atoms with Crippen molar-refractivity contribution in [3.05, 3.63) is 23.8 Å². The number of hydrogen-bond donors (Lipinski definition) is 1. The van der Waals surface area contributed by atoms with Gasteiger partial charge in [0.25, 0.3) is 0 Å². The smallest absolute Gasteiger partial charge is 0.237 e. The van der Waals surface area contributed by atoms with Crippen molar-refractivity contribution in [2.24, 2.45) is 17.8 Å². The molecule has 1 aromatic rings. The number of aromatic hydroxyl groups is 1. The van der Waals surface area contributed by atoms with Crippen molar-refractivity contribution in [3.63, 3.8) is 0 Å². The van der Waals surface area contributed by atoms with Crippen LogP contribution in [0.3, 0.4) is 0 Å². The van der Waals surface area contributed by atoms with E-state index in [9.17, 15) is 14.7 Å². The van der Waals surface area contributed by atoms with Crippen LogP contribution in [0.5, 0.6) is 5.75 Å². The second-order valence-electron chi connectivity index (χ2n) is 5.77. The minimum absolute atomic E-state index is 0.0792. The maximum atomic E-state index is 12.4. The zero-order chi connectivity index (χ0) is 13.7. The Labute approximate surface area is 112 Å². The number of phenols is 1. The van der Waals surface area contributed by atoms with Crippen LogP contribution in [0, 0.1) is 24.7 Å². The number of hydrogen-bond acceptors (Lipinski definition) is 3. The lowest BCUT2D eigenvalue weighted by Crippen LogP contribution is -2.32. The first-order valence-corrected chi connectivity index (χ1v) is 6.66. The van der Waals surface area contributed by atoms with Crippen molar-refractivity contribution in [1.82, 2.24) is 0 Å². The summed E-state index contributed by atoms with van der Waals surface area (Å²) in [4.78, 5) is 26.1. The molecule has 2 aliphatic rings. The molecule has 0 radical (unpaired) electrons. The summed E-state index contributed by atoms with van der Waals surface area (Å²) in [6.45, 7) is 3.85. The Hall–Kier alpha value is -1.84. The van der Waals surface area contributed by atoms with Gasteiger partial charge in [-0.2, -0.15) is 0 Å². The van der Waals surface area contributed by atoms with Gasteiger partial charge in [0.1, 0.15) is 5.75 Å². The van der Waals surface area contributed by atoms with Gasteiger partial charge in [0.15, 0.2) is 0 Å². The van der Waals surface area contributed by atoms with E-state index >= 15 is 0 Å². The lowest BCUT2D eigenvalue weighted by Gasteiger charge is -2.17. The molecule has 2 fully saturated rings. The van der Waals surface area contributed by atoms with Crippen LogP contribution in [0.4, 0.5) is 5.69 Å². The molecule has 0 spiro atoms. The van der Waals surface area contributed by atoms with Gasteiger partial charge >= 0.3 is 0 Å². The van der Waals surface area contributed by atoms with Crippen molar-refractivity contribution in [2.75, 3.05) is 4.90 Å². The van der Waals surface area contributed by atoms with Crippen LogP contribution in [0.2, 0.25) is 0 Å². The topological polar surface area (TPSA) is 57.6 Å². The minimum Gasteiger partial charge on any atom is -0.508 e. The molecule has 0 bridgehead atoms. The number of benzene rings is 1. The van der Waals surface area contributed by atoms with Gasteiger partial charge in [0.2, 0.25) is 11.8 Å². The normalized spacial score (nSPS) is 30.0. The third-order valence-corrected chi connectivity index (χ3v) is 4.31. The van der Waals surface area contributed by atoms with Crippen LogP contribution in [0.1, 0.15) is 25.3 Å². The van der Waals surface area contributed by atoms with Gasteiger partial charge < -0.3 is 5.11 Å². The lowest BCUT2D eigenvalue weighted by atomic mass is 10.00. The summed E-state index contributed by atoms with van der Waals surface area (Å²) in [7, 11) is 0. The molecule has 2 unspecified atom stereocenters. The van der Waals surface area contributed by atoms with E-state index < -0.39 is 0 Å². The van der Waals surface area contributed by atoms with E-state index in [1.54, 1.807) is 19.1 Å². The van der Waals surface area contributed by atoms with Crippen molar-refractivity contribution in [1.29, 1.82) is 0 Å². The number of aryl methyl sites for hydroxylation is 1. The quantitative estimate of drug-likeness (QED) is 0.787. The molecular formula is C15H17NO3. The molecule has 1 aromatic carbocycles. The molecule has 1 saturated carbocycles. The molecule has 2 amide bonds. The molecule has 100 valence electrons. The highest BCUT2D eigenvalue weighted by Gasteiger charge is 2.52. The number of rotatable bonds is 1. The molecule has 1 saturated heterocycles. The zero-order valence-electron chi connectivity index (χ0n) is 11.1. The van der Waals surface area contributed by atoms with Crippen LogP contribution in [-0.2, 0) is 9.59 Å². The van der Waals surface area contributed by atoms with Gasteiger partial charge in [-0.3, -0.25) is 14.5 Å².